The second-order valence-electron chi connectivity index (χ2n) is 4.68. The van der Waals surface area contributed by atoms with Gasteiger partial charge in [0.05, 0.1) is 0 Å². The van der Waals surface area contributed by atoms with E-state index in [1.807, 2.05) is 17.8 Å². The van der Waals surface area contributed by atoms with E-state index in [0.29, 0.717) is 10.7 Å². The highest BCUT2D eigenvalue weighted by atomic mass is 32.2. The molecule has 1 unspecified atom stereocenters. The van der Waals surface area contributed by atoms with Crippen molar-refractivity contribution in [3.05, 3.63) is 23.8 Å². The van der Waals surface area contributed by atoms with Crippen LogP contribution in [0.3, 0.4) is 0 Å². The average molecular weight is 207 g/mol. The van der Waals surface area contributed by atoms with Crippen LogP contribution < -0.4 is 5.73 Å². The number of nitrogen functional groups attached to an aromatic ring is 1. The molecule has 2 heteroatoms. The molecule has 2 rings (SSSR count). The van der Waals surface area contributed by atoms with E-state index in [1.165, 1.54) is 10.5 Å². The predicted molar refractivity (Wildman–Crippen MR) is 63.7 cm³/mol. The zero-order chi connectivity index (χ0) is 10.3. The summed E-state index contributed by atoms with van der Waals surface area (Å²) in [6.07, 6.45) is 1.15. The first kappa shape index (κ1) is 9.91. The fourth-order valence-corrected chi connectivity index (χ4v) is 3.08. The molecule has 0 fully saturated rings. The maximum Gasteiger partial charge on any atom is 0.0317 e. The van der Waals surface area contributed by atoms with Gasteiger partial charge in [0, 0.05) is 15.3 Å². The topological polar surface area (TPSA) is 26.0 Å². The Labute approximate surface area is 90.1 Å². The number of benzene rings is 1. The normalized spacial score (nSPS) is 24.4. The number of rotatable bonds is 0. The molecule has 1 atom stereocenters. The zero-order valence-corrected chi connectivity index (χ0v) is 9.82. The summed E-state index contributed by atoms with van der Waals surface area (Å²) in [6.45, 7) is 6.96. The minimum absolute atomic E-state index is 0.350. The van der Waals surface area contributed by atoms with Gasteiger partial charge in [0.1, 0.15) is 0 Å². The molecule has 0 aromatic heterocycles. The van der Waals surface area contributed by atoms with Gasteiger partial charge in [-0.3, -0.25) is 0 Å². The Balaban J connectivity index is 2.41. The van der Waals surface area contributed by atoms with Crippen LogP contribution in [-0.4, -0.2) is 4.75 Å². The van der Waals surface area contributed by atoms with E-state index >= 15 is 0 Å². The smallest absolute Gasteiger partial charge is 0.0317 e. The molecule has 0 spiro atoms. The van der Waals surface area contributed by atoms with E-state index < -0.39 is 0 Å². The van der Waals surface area contributed by atoms with Crippen LogP contribution in [-0.2, 0) is 6.42 Å². The Morgan fingerprint density at radius 2 is 2.14 bits per heavy atom. The Kier molecular flexibility index (Phi) is 2.26. The van der Waals surface area contributed by atoms with Crippen molar-refractivity contribution in [2.75, 3.05) is 5.73 Å². The molecule has 1 heterocycles. The van der Waals surface area contributed by atoms with Crippen molar-refractivity contribution >= 4 is 17.4 Å². The van der Waals surface area contributed by atoms with E-state index in [0.717, 1.165) is 12.1 Å². The van der Waals surface area contributed by atoms with Crippen LogP contribution in [0.4, 0.5) is 5.69 Å². The quantitative estimate of drug-likeness (QED) is 0.660. The highest BCUT2D eigenvalue weighted by Crippen LogP contribution is 2.46. The van der Waals surface area contributed by atoms with Crippen molar-refractivity contribution in [2.45, 2.75) is 36.8 Å². The van der Waals surface area contributed by atoms with E-state index in [1.54, 1.807) is 0 Å². The van der Waals surface area contributed by atoms with Crippen molar-refractivity contribution in [3.63, 3.8) is 0 Å². The summed E-state index contributed by atoms with van der Waals surface area (Å²) in [5.41, 5.74) is 8.09. The van der Waals surface area contributed by atoms with Crippen LogP contribution >= 0.6 is 11.8 Å². The molecule has 0 saturated carbocycles. The van der Waals surface area contributed by atoms with Crippen molar-refractivity contribution in [3.8, 4) is 0 Å². The standard InChI is InChI=1S/C12H17NS/c1-8-6-9-7-10(13)4-5-11(9)14-12(8,2)3/h4-5,7-8H,6,13H2,1-3H3. The van der Waals surface area contributed by atoms with E-state index in [4.69, 9.17) is 5.73 Å². The Morgan fingerprint density at radius 1 is 1.43 bits per heavy atom. The van der Waals surface area contributed by atoms with Crippen molar-refractivity contribution < 1.29 is 0 Å². The highest BCUT2D eigenvalue weighted by Gasteiger charge is 2.32. The fourth-order valence-electron chi connectivity index (χ4n) is 1.82. The highest BCUT2D eigenvalue weighted by molar-refractivity contribution is 8.00. The molecule has 0 aliphatic carbocycles. The van der Waals surface area contributed by atoms with Crippen molar-refractivity contribution in [2.24, 2.45) is 5.92 Å². The lowest BCUT2D eigenvalue weighted by Crippen LogP contribution is -2.30. The number of hydrogen-bond donors (Lipinski definition) is 1. The van der Waals surface area contributed by atoms with Crippen LogP contribution in [0.2, 0.25) is 0 Å². The Hall–Kier alpha value is -0.630. The molecular weight excluding hydrogens is 190 g/mol. The first-order chi connectivity index (χ1) is 6.49. The molecule has 1 aliphatic heterocycles. The summed E-state index contributed by atoms with van der Waals surface area (Å²) in [4.78, 5) is 1.40. The molecule has 0 radical (unpaired) electrons. The summed E-state index contributed by atoms with van der Waals surface area (Å²) < 4.78 is 0.350. The molecule has 1 nitrogen and oxygen atoms in total. The van der Waals surface area contributed by atoms with Gasteiger partial charge in [0.25, 0.3) is 0 Å². The molecule has 76 valence electrons. The summed E-state index contributed by atoms with van der Waals surface area (Å²) >= 11 is 1.98. The number of anilines is 1. The van der Waals surface area contributed by atoms with Crippen LogP contribution in [0.15, 0.2) is 23.1 Å². The van der Waals surface area contributed by atoms with Crippen LogP contribution in [0.25, 0.3) is 0 Å². The van der Waals surface area contributed by atoms with Gasteiger partial charge in [-0.1, -0.05) is 20.8 Å². The molecule has 2 N–H and O–H groups in total. The average Bonchev–Trinajstić information content (AvgIpc) is 2.08. The molecule has 14 heavy (non-hydrogen) atoms. The van der Waals surface area contributed by atoms with Gasteiger partial charge < -0.3 is 5.73 Å². The summed E-state index contributed by atoms with van der Waals surface area (Å²) in [5, 5.41) is 0. The molecule has 1 aliphatic rings. The van der Waals surface area contributed by atoms with Crippen molar-refractivity contribution in [1.29, 1.82) is 0 Å². The predicted octanol–water partition coefficient (Wildman–Crippen LogP) is 3.33. The lowest BCUT2D eigenvalue weighted by molar-refractivity contribution is 0.447. The minimum atomic E-state index is 0.350. The minimum Gasteiger partial charge on any atom is -0.399 e. The summed E-state index contributed by atoms with van der Waals surface area (Å²) in [5.74, 6) is 0.710. The first-order valence-corrected chi connectivity index (χ1v) is 5.88. The first-order valence-electron chi connectivity index (χ1n) is 5.06. The molecule has 0 amide bonds. The zero-order valence-electron chi connectivity index (χ0n) is 9.00. The van der Waals surface area contributed by atoms with Crippen molar-refractivity contribution in [1.82, 2.24) is 0 Å². The fraction of sp³-hybridized carbons (Fsp3) is 0.500. The van der Waals surface area contributed by atoms with E-state index in [2.05, 4.69) is 32.9 Å². The monoisotopic (exact) mass is 207 g/mol. The third kappa shape index (κ3) is 1.63. The maximum absolute atomic E-state index is 5.79. The second kappa shape index (κ2) is 3.20. The van der Waals surface area contributed by atoms with Gasteiger partial charge in [0.2, 0.25) is 0 Å². The van der Waals surface area contributed by atoms with Crippen LogP contribution in [0, 0.1) is 5.92 Å². The summed E-state index contributed by atoms with van der Waals surface area (Å²) in [7, 11) is 0. The van der Waals surface area contributed by atoms with Crippen LogP contribution in [0.5, 0.6) is 0 Å². The molecule has 0 saturated heterocycles. The Morgan fingerprint density at radius 3 is 2.86 bits per heavy atom. The largest absolute Gasteiger partial charge is 0.399 e. The Bertz CT molecular complexity index is 357. The lowest BCUT2D eigenvalue weighted by atomic mass is 9.89. The number of thioether (sulfide) groups is 1. The summed E-state index contributed by atoms with van der Waals surface area (Å²) in [6, 6.07) is 6.27. The molecule has 1 aromatic rings. The number of nitrogens with two attached hydrogens (primary N) is 1. The van der Waals surface area contributed by atoms with Gasteiger partial charge in [-0.25, -0.2) is 0 Å². The second-order valence-corrected chi connectivity index (χ2v) is 6.37. The van der Waals surface area contributed by atoms with Gasteiger partial charge in [0.15, 0.2) is 0 Å². The van der Waals surface area contributed by atoms with Gasteiger partial charge in [-0.2, -0.15) is 0 Å². The SMILES string of the molecule is CC1Cc2cc(N)ccc2SC1(C)C. The van der Waals surface area contributed by atoms with E-state index in [-0.39, 0.29) is 0 Å². The third-order valence-corrected chi connectivity index (χ3v) is 4.72. The lowest BCUT2D eigenvalue weighted by Gasteiger charge is -2.37. The number of hydrogen-bond acceptors (Lipinski definition) is 2. The van der Waals surface area contributed by atoms with Crippen LogP contribution in [0.1, 0.15) is 26.3 Å². The van der Waals surface area contributed by atoms with Gasteiger partial charge in [-0.15, -0.1) is 11.8 Å². The third-order valence-electron chi connectivity index (χ3n) is 3.17. The molecular formula is C12H17NS. The number of fused-ring (bicyclic) bond motifs is 1. The van der Waals surface area contributed by atoms with Gasteiger partial charge >= 0.3 is 0 Å². The maximum atomic E-state index is 5.79. The van der Waals surface area contributed by atoms with Gasteiger partial charge in [-0.05, 0) is 36.1 Å². The van der Waals surface area contributed by atoms with E-state index in [9.17, 15) is 0 Å². The molecule has 0 bridgehead atoms. The molecule has 1 aromatic carbocycles.